The van der Waals surface area contributed by atoms with Gasteiger partial charge >= 0.3 is 0 Å². The molecule has 2 N–H and O–H groups in total. The summed E-state index contributed by atoms with van der Waals surface area (Å²) in [6.45, 7) is 2.19. The van der Waals surface area contributed by atoms with E-state index in [-0.39, 0.29) is 10.6 Å². The Morgan fingerprint density at radius 1 is 1.32 bits per heavy atom. The van der Waals surface area contributed by atoms with E-state index < -0.39 is 5.82 Å². The highest BCUT2D eigenvalue weighted by atomic mass is 35.5. The highest BCUT2D eigenvalue weighted by Gasteiger charge is 2.27. The molecule has 0 saturated heterocycles. The molecule has 0 aromatic heterocycles. The lowest BCUT2D eigenvalue weighted by Crippen LogP contribution is -2.48. The fraction of sp³-hybridized carbons (Fsp3) is 0.500. The molecule has 5 heteroatoms. The van der Waals surface area contributed by atoms with Crippen LogP contribution in [0.3, 0.4) is 0 Å². The summed E-state index contributed by atoms with van der Waals surface area (Å²) in [6, 6.07) is 4.49. The molecule has 104 valence electrons. The number of hydrogen-bond donors (Lipinski definition) is 2. The molecule has 0 heterocycles. The average molecular weight is 301 g/mol. The van der Waals surface area contributed by atoms with Crippen LogP contribution in [-0.4, -0.2) is 10.7 Å². The largest absolute Gasteiger partial charge is 0.357 e. The lowest BCUT2D eigenvalue weighted by Gasteiger charge is -2.35. The van der Waals surface area contributed by atoms with Gasteiger partial charge in [0.15, 0.2) is 5.11 Å². The number of rotatable bonds is 2. The standard InChI is InChI=1S/C14H18ClFN2S/c1-14(7-3-2-4-8-14)18-13(19)17-10-5-6-12(16)11(15)9-10/h5-6,9H,2-4,7-8H2,1H3,(H2,17,18,19). The molecular formula is C14H18ClFN2S. The molecule has 0 radical (unpaired) electrons. The van der Waals surface area contributed by atoms with Crippen molar-refractivity contribution >= 4 is 34.6 Å². The van der Waals surface area contributed by atoms with Gasteiger partial charge in [-0.05, 0) is 50.2 Å². The van der Waals surface area contributed by atoms with Crippen molar-refractivity contribution in [2.24, 2.45) is 0 Å². The smallest absolute Gasteiger partial charge is 0.171 e. The van der Waals surface area contributed by atoms with E-state index in [4.69, 9.17) is 23.8 Å². The van der Waals surface area contributed by atoms with Crippen molar-refractivity contribution in [3.05, 3.63) is 29.0 Å². The van der Waals surface area contributed by atoms with Gasteiger partial charge < -0.3 is 10.6 Å². The zero-order valence-electron chi connectivity index (χ0n) is 10.9. The van der Waals surface area contributed by atoms with Gasteiger partial charge in [0.25, 0.3) is 0 Å². The number of hydrogen-bond acceptors (Lipinski definition) is 1. The average Bonchev–Trinajstić information content (AvgIpc) is 2.34. The quantitative estimate of drug-likeness (QED) is 0.787. The minimum Gasteiger partial charge on any atom is -0.357 e. The molecule has 1 aliphatic carbocycles. The lowest BCUT2D eigenvalue weighted by atomic mass is 9.83. The number of thiocarbonyl (C=S) groups is 1. The van der Waals surface area contributed by atoms with E-state index in [1.165, 1.54) is 31.4 Å². The predicted octanol–water partition coefficient (Wildman–Crippen LogP) is 4.49. The second-order valence-corrected chi connectivity index (χ2v) is 6.14. The Labute approximate surface area is 123 Å². The monoisotopic (exact) mass is 300 g/mol. The van der Waals surface area contributed by atoms with Crippen LogP contribution >= 0.6 is 23.8 Å². The zero-order chi connectivity index (χ0) is 13.9. The van der Waals surface area contributed by atoms with E-state index in [0.29, 0.717) is 10.8 Å². The maximum absolute atomic E-state index is 13.1. The third kappa shape index (κ3) is 4.05. The Balaban J connectivity index is 1.95. The van der Waals surface area contributed by atoms with Crippen LogP contribution in [0.15, 0.2) is 18.2 Å². The topological polar surface area (TPSA) is 24.1 Å². The van der Waals surface area contributed by atoms with Gasteiger partial charge in [0.1, 0.15) is 5.82 Å². The van der Waals surface area contributed by atoms with Crippen LogP contribution in [0.5, 0.6) is 0 Å². The van der Waals surface area contributed by atoms with Crippen LogP contribution in [0, 0.1) is 5.82 Å². The van der Waals surface area contributed by atoms with Crippen LogP contribution in [0.2, 0.25) is 5.02 Å². The second kappa shape index (κ2) is 6.06. The van der Waals surface area contributed by atoms with Crippen molar-refractivity contribution in [2.75, 3.05) is 5.32 Å². The van der Waals surface area contributed by atoms with Crippen molar-refractivity contribution in [1.29, 1.82) is 0 Å². The fourth-order valence-electron chi connectivity index (χ4n) is 2.47. The third-order valence-corrected chi connectivity index (χ3v) is 4.04. The lowest BCUT2D eigenvalue weighted by molar-refractivity contribution is 0.292. The number of anilines is 1. The Morgan fingerprint density at radius 2 is 2.00 bits per heavy atom. The molecule has 0 aliphatic heterocycles. The van der Waals surface area contributed by atoms with E-state index >= 15 is 0 Å². The summed E-state index contributed by atoms with van der Waals surface area (Å²) >= 11 is 11.0. The molecule has 0 atom stereocenters. The van der Waals surface area contributed by atoms with E-state index in [2.05, 4.69) is 17.6 Å². The molecule has 2 nitrogen and oxygen atoms in total. The SMILES string of the molecule is CC1(NC(=S)Nc2ccc(F)c(Cl)c2)CCCCC1. The van der Waals surface area contributed by atoms with Crippen molar-refractivity contribution in [3.8, 4) is 0 Å². The fourth-order valence-corrected chi connectivity index (χ4v) is 3.01. The summed E-state index contributed by atoms with van der Waals surface area (Å²) in [7, 11) is 0. The summed E-state index contributed by atoms with van der Waals surface area (Å²) in [5.74, 6) is -0.426. The number of halogens is 2. The van der Waals surface area contributed by atoms with Crippen LogP contribution in [-0.2, 0) is 0 Å². The van der Waals surface area contributed by atoms with Crippen LogP contribution in [0.1, 0.15) is 39.0 Å². The van der Waals surface area contributed by atoms with Gasteiger partial charge in [-0.1, -0.05) is 30.9 Å². The first-order valence-corrected chi connectivity index (χ1v) is 7.31. The maximum atomic E-state index is 13.1. The summed E-state index contributed by atoms with van der Waals surface area (Å²) in [5, 5.41) is 7.07. The van der Waals surface area contributed by atoms with E-state index in [1.54, 1.807) is 6.07 Å². The van der Waals surface area contributed by atoms with Crippen molar-refractivity contribution in [2.45, 2.75) is 44.6 Å². The Bertz CT molecular complexity index is 473. The molecule has 0 spiro atoms. The first-order valence-electron chi connectivity index (χ1n) is 6.53. The normalized spacial score (nSPS) is 17.8. The summed E-state index contributed by atoms with van der Waals surface area (Å²) < 4.78 is 13.1. The van der Waals surface area contributed by atoms with E-state index in [1.807, 2.05) is 0 Å². The van der Waals surface area contributed by atoms with Crippen LogP contribution in [0.25, 0.3) is 0 Å². The molecule has 1 aliphatic rings. The highest BCUT2D eigenvalue weighted by molar-refractivity contribution is 7.80. The van der Waals surface area contributed by atoms with E-state index in [9.17, 15) is 4.39 Å². The molecule has 1 saturated carbocycles. The minimum absolute atomic E-state index is 0.0617. The molecule has 1 fully saturated rings. The van der Waals surface area contributed by atoms with Crippen LogP contribution < -0.4 is 10.6 Å². The van der Waals surface area contributed by atoms with Crippen molar-refractivity contribution in [1.82, 2.24) is 5.32 Å². The molecule has 1 aromatic carbocycles. The molecule has 0 bridgehead atoms. The zero-order valence-corrected chi connectivity index (χ0v) is 12.5. The molecule has 0 amide bonds. The molecule has 1 aromatic rings. The molecular weight excluding hydrogens is 283 g/mol. The minimum atomic E-state index is -0.426. The summed E-state index contributed by atoms with van der Waals surface area (Å²) in [4.78, 5) is 0. The van der Waals surface area contributed by atoms with Crippen LogP contribution in [0.4, 0.5) is 10.1 Å². The first kappa shape index (κ1) is 14.5. The number of nitrogens with one attached hydrogen (secondary N) is 2. The van der Waals surface area contributed by atoms with Gasteiger partial charge in [0.2, 0.25) is 0 Å². The predicted molar refractivity (Wildman–Crippen MR) is 82.3 cm³/mol. The first-order chi connectivity index (χ1) is 8.98. The number of benzene rings is 1. The Kier molecular flexibility index (Phi) is 4.63. The second-order valence-electron chi connectivity index (χ2n) is 5.33. The summed E-state index contributed by atoms with van der Waals surface area (Å²) in [6.07, 6.45) is 6.01. The maximum Gasteiger partial charge on any atom is 0.171 e. The molecule has 0 unspecified atom stereocenters. The van der Waals surface area contributed by atoms with Crippen molar-refractivity contribution < 1.29 is 4.39 Å². The Morgan fingerprint density at radius 3 is 2.63 bits per heavy atom. The Hall–Kier alpha value is -0.870. The summed E-state index contributed by atoms with van der Waals surface area (Å²) in [5.41, 5.74) is 0.759. The van der Waals surface area contributed by atoms with Gasteiger partial charge in [-0.3, -0.25) is 0 Å². The van der Waals surface area contributed by atoms with Gasteiger partial charge in [0.05, 0.1) is 5.02 Å². The van der Waals surface area contributed by atoms with E-state index in [0.717, 1.165) is 12.8 Å². The third-order valence-electron chi connectivity index (χ3n) is 3.55. The molecule has 2 rings (SSSR count). The van der Waals surface area contributed by atoms with Crippen molar-refractivity contribution in [3.63, 3.8) is 0 Å². The van der Waals surface area contributed by atoms with Gasteiger partial charge in [-0.25, -0.2) is 4.39 Å². The molecule has 19 heavy (non-hydrogen) atoms. The van der Waals surface area contributed by atoms with Gasteiger partial charge in [-0.15, -0.1) is 0 Å². The highest BCUT2D eigenvalue weighted by Crippen LogP contribution is 2.27. The van der Waals surface area contributed by atoms with Gasteiger partial charge in [-0.2, -0.15) is 0 Å². The van der Waals surface area contributed by atoms with Gasteiger partial charge in [0, 0.05) is 11.2 Å².